The monoisotopic (exact) mass is 439 g/mol. The summed E-state index contributed by atoms with van der Waals surface area (Å²) in [6, 6.07) is 5.36. The van der Waals surface area contributed by atoms with Crippen LogP contribution >= 0.6 is 31.9 Å². The molecule has 1 saturated heterocycles. The molecule has 2 N–H and O–H groups in total. The van der Waals surface area contributed by atoms with Gasteiger partial charge in [-0.05, 0) is 66.5 Å². The lowest BCUT2D eigenvalue weighted by atomic mass is 9.98. The molecule has 0 bridgehead atoms. The van der Waals surface area contributed by atoms with Gasteiger partial charge in [0, 0.05) is 22.0 Å². The predicted octanol–water partition coefficient (Wildman–Crippen LogP) is 2.80. The van der Waals surface area contributed by atoms with E-state index in [2.05, 4.69) is 41.9 Å². The lowest BCUT2D eigenvalue weighted by molar-refractivity contribution is 0.272. The summed E-state index contributed by atoms with van der Waals surface area (Å²) in [4.78, 5) is 0. The Kier molecular flexibility index (Phi) is 6.07. The molecule has 0 saturated carbocycles. The highest BCUT2D eigenvalue weighted by atomic mass is 79.9. The molecule has 1 aromatic rings. The molecule has 1 aliphatic rings. The number of hydrogen-bond acceptors (Lipinski definition) is 3. The third-order valence-electron chi connectivity index (χ3n) is 3.58. The van der Waals surface area contributed by atoms with Gasteiger partial charge in [0.25, 0.3) is 0 Å². The summed E-state index contributed by atoms with van der Waals surface area (Å²) >= 11 is 6.72. The first-order valence-corrected chi connectivity index (χ1v) is 9.82. The highest BCUT2D eigenvalue weighted by Crippen LogP contribution is 2.28. The molecule has 118 valence electrons. The van der Waals surface area contributed by atoms with E-state index >= 15 is 0 Å². The van der Waals surface area contributed by atoms with Crippen molar-refractivity contribution in [3.8, 4) is 0 Å². The fraction of sp³-hybridized carbons (Fsp3) is 0.538. The van der Waals surface area contributed by atoms with E-state index in [4.69, 9.17) is 0 Å². The Morgan fingerprint density at radius 2 is 1.95 bits per heavy atom. The van der Waals surface area contributed by atoms with E-state index in [-0.39, 0.29) is 0 Å². The van der Waals surface area contributed by atoms with Crippen molar-refractivity contribution >= 4 is 47.8 Å². The van der Waals surface area contributed by atoms with Crippen molar-refractivity contribution in [3.63, 3.8) is 0 Å². The van der Waals surface area contributed by atoms with E-state index in [1.54, 1.807) is 6.07 Å². The maximum Gasteiger partial charge on any atom is 0.301 e. The number of piperidine rings is 1. The first-order valence-electron chi connectivity index (χ1n) is 6.80. The van der Waals surface area contributed by atoms with Gasteiger partial charge in [-0.2, -0.15) is 12.7 Å². The molecule has 1 aromatic carbocycles. The first-order chi connectivity index (χ1) is 9.92. The van der Waals surface area contributed by atoms with Crippen LogP contribution in [-0.2, 0) is 10.2 Å². The van der Waals surface area contributed by atoms with Gasteiger partial charge in [-0.15, -0.1) is 0 Å². The normalized spacial score (nSPS) is 17.9. The van der Waals surface area contributed by atoms with Gasteiger partial charge < -0.3 is 5.32 Å². The smallest absolute Gasteiger partial charge is 0.301 e. The molecule has 0 aromatic heterocycles. The van der Waals surface area contributed by atoms with Crippen molar-refractivity contribution in [2.75, 3.05) is 31.4 Å². The molecular formula is C13H19Br2N3O2S. The molecule has 0 spiro atoms. The molecule has 8 heteroatoms. The van der Waals surface area contributed by atoms with Crippen LogP contribution in [-0.4, -0.2) is 39.4 Å². The van der Waals surface area contributed by atoms with Crippen molar-refractivity contribution in [2.24, 2.45) is 5.92 Å². The number of hydrogen-bond donors (Lipinski definition) is 2. The Morgan fingerprint density at radius 1 is 1.29 bits per heavy atom. The average molecular weight is 441 g/mol. The molecule has 1 fully saturated rings. The summed E-state index contributed by atoms with van der Waals surface area (Å²) in [7, 11) is -1.57. The Labute approximate surface area is 142 Å². The van der Waals surface area contributed by atoms with E-state index in [0.717, 1.165) is 23.9 Å². The zero-order valence-corrected chi connectivity index (χ0v) is 15.8. The Balaban J connectivity index is 2.02. The van der Waals surface area contributed by atoms with Crippen LogP contribution in [0.5, 0.6) is 0 Å². The van der Waals surface area contributed by atoms with Crippen LogP contribution in [0.15, 0.2) is 27.1 Å². The van der Waals surface area contributed by atoms with Crippen molar-refractivity contribution in [1.29, 1.82) is 0 Å². The molecule has 0 amide bonds. The van der Waals surface area contributed by atoms with Gasteiger partial charge in [0.2, 0.25) is 0 Å². The standard InChI is InChI=1S/C13H19Br2N3O2S/c1-16-9-10-4-6-18(7-5-10)21(19,20)17-13-3-2-11(14)8-12(13)15/h2-3,8,10,16-17H,4-7,9H2,1H3. The van der Waals surface area contributed by atoms with Crippen LogP contribution in [0.4, 0.5) is 5.69 Å². The molecule has 0 radical (unpaired) electrons. The molecule has 0 unspecified atom stereocenters. The molecular weight excluding hydrogens is 422 g/mol. The molecule has 2 rings (SSSR count). The maximum absolute atomic E-state index is 12.4. The maximum atomic E-state index is 12.4. The van der Waals surface area contributed by atoms with Crippen LogP contribution in [0.3, 0.4) is 0 Å². The summed E-state index contributed by atoms with van der Waals surface area (Å²) in [5, 5.41) is 3.15. The number of rotatable bonds is 5. The van der Waals surface area contributed by atoms with Crippen molar-refractivity contribution in [3.05, 3.63) is 27.1 Å². The van der Waals surface area contributed by atoms with Gasteiger partial charge in [-0.1, -0.05) is 15.9 Å². The number of nitrogens with zero attached hydrogens (tertiary/aromatic N) is 1. The molecule has 0 atom stereocenters. The second kappa shape index (κ2) is 7.41. The topological polar surface area (TPSA) is 61.4 Å². The van der Waals surface area contributed by atoms with Gasteiger partial charge in [0.15, 0.2) is 0 Å². The van der Waals surface area contributed by atoms with E-state index in [0.29, 0.717) is 29.2 Å². The number of nitrogens with one attached hydrogen (secondary N) is 2. The number of benzene rings is 1. The Bertz CT molecular complexity index is 587. The Morgan fingerprint density at radius 3 is 2.52 bits per heavy atom. The minimum atomic E-state index is -3.49. The van der Waals surface area contributed by atoms with Gasteiger partial charge in [-0.3, -0.25) is 4.72 Å². The number of halogens is 2. The van der Waals surface area contributed by atoms with E-state index in [1.165, 1.54) is 4.31 Å². The van der Waals surface area contributed by atoms with E-state index in [1.807, 2.05) is 19.2 Å². The van der Waals surface area contributed by atoms with Crippen LogP contribution in [0.2, 0.25) is 0 Å². The Hall–Kier alpha value is -0.150. The average Bonchev–Trinajstić information content (AvgIpc) is 2.43. The molecule has 1 aliphatic heterocycles. The summed E-state index contributed by atoms with van der Waals surface area (Å²) < 4.78 is 30.6. The predicted molar refractivity (Wildman–Crippen MR) is 92.6 cm³/mol. The van der Waals surface area contributed by atoms with E-state index in [9.17, 15) is 8.42 Å². The molecule has 21 heavy (non-hydrogen) atoms. The first kappa shape index (κ1) is 17.2. The van der Waals surface area contributed by atoms with Crippen LogP contribution in [0.1, 0.15) is 12.8 Å². The minimum Gasteiger partial charge on any atom is -0.319 e. The highest BCUT2D eigenvalue weighted by molar-refractivity contribution is 9.11. The second-order valence-electron chi connectivity index (χ2n) is 5.13. The molecule has 0 aliphatic carbocycles. The number of anilines is 1. The highest BCUT2D eigenvalue weighted by Gasteiger charge is 2.28. The summed E-state index contributed by atoms with van der Waals surface area (Å²) in [6.07, 6.45) is 1.78. The molecule has 1 heterocycles. The van der Waals surface area contributed by atoms with E-state index < -0.39 is 10.2 Å². The minimum absolute atomic E-state index is 0.551. The van der Waals surface area contributed by atoms with Crippen LogP contribution in [0.25, 0.3) is 0 Å². The van der Waals surface area contributed by atoms with Crippen LogP contribution in [0, 0.1) is 5.92 Å². The third kappa shape index (κ3) is 4.66. The van der Waals surface area contributed by atoms with Crippen molar-refractivity contribution in [2.45, 2.75) is 12.8 Å². The lowest BCUT2D eigenvalue weighted by Crippen LogP contribution is -2.43. The van der Waals surface area contributed by atoms with Crippen LogP contribution < -0.4 is 10.0 Å². The fourth-order valence-electron chi connectivity index (χ4n) is 2.42. The summed E-state index contributed by atoms with van der Waals surface area (Å²) in [5.74, 6) is 0.556. The summed E-state index contributed by atoms with van der Waals surface area (Å²) in [5.41, 5.74) is 0.551. The lowest BCUT2D eigenvalue weighted by Gasteiger charge is -2.31. The zero-order valence-electron chi connectivity index (χ0n) is 11.8. The van der Waals surface area contributed by atoms with Gasteiger partial charge >= 0.3 is 10.2 Å². The molecule has 5 nitrogen and oxygen atoms in total. The van der Waals surface area contributed by atoms with Crippen molar-refractivity contribution in [1.82, 2.24) is 9.62 Å². The largest absolute Gasteiger partial charge is 0.319 e. The second-order valence-corrected chi connectivity index (χ2v) is 8.57. The van der Waals surface area contributed by atoms with Crippen molar-refractivity contribution < 1.29 is 8.42 Å². The zero-order chi connectivity index (χ0) is 15.5. The fourth-order valence-corrected chi connectivity index (χ4v) is 4.97. The van der Waals surface area contributed by atoms with Gasteiger partial charge in [0.05, 0.1) is 5.69 Å². The third-order valence-corrected chi connectivity index (χ3v) is 6.25. The van der Waals surface area contributed by atoms with Gasteiger partial charge in [-0.25, -0.2) is 0 Å². The summed E-state index contributed by atoms with van der Waals surface area (Å²) in [6.45, 7) is 2.07. The van der Waals surface area contributed by atoms with Gasteiger partial charge in [0.1, 0.15) is 0 Å². The quantitative estimate of drug-likeness (QED) is 0.739. The SMILES string of the molecule is CNCC1CCN(S(=O)(=O)Nc2ccc(Br)cc2Br)CC1.